The molecule has 19 heavy (non-hydrogen) atoms. The highest BCUT2D eigenvalue weighted by atomic mass is 16.1. The fourth-order valence-corrected chi connectivity index (χ4v) is 2.18. The number of aryl methyl sites for hydroxylation is 1. The summed E-state index contributed by atoms with van der Waals surface area (Å²) >= 11 is 0. The molecule has 1 unspecified atom stereocenters. The van der Waals surface area contributed by atoms with E-state index in [4.69, 9.17) is 0 Å². The second-order valence-electron chi connectivity index (χ2n) is 6.21. The Morgan fingerprint density at radius 2 is 1.89 bits per heavy atom. The molecule has 0 aromatic heterocycles. The van der Waals surface area contributed by atoms with Gasteiger partial charge in [-0.1, -0.05) is 38.5 Å². The van der Waals surface area contributed by atoms with Crippen LogP contribution in [0.1, 0.15) is 32.8 Å². The van der Waals surface area contributed by atoms with Crippen molar-refractivity contribution in [3.8, 4) is 0 Å². The normalized spacial score (nSPS) is 13.1. The lowest BCUT2D eigenvalue weighted by Gasteiger charge is -2.30. The van der Waals surface area contributed by atoms with E-state index < -0.39 is 0 Å². The molecule has 1 atom stereocenters. The van der Waals surface area contributed by atoms with Crippen LogP contribution >= 0.6 is 0 Å². The summed E-state index contributed by atoms with van der Waals surface area (Å²) in [5.74, 6) is 0.112. The number of nitrogens with zero attached hydrogens (tertiary/aromatic N) is 1. The molecule has 0 aliphatic heterocycles. The van der Waals surface area contributed by atoms with Crippen molar-refractivity contribution in [3.63, 3.8) is 0 Å². The van der Waals surface area contributed by atoms with Crippen LogP contribution in [0.25, 0.3) is 0 Å². The Hall–Kier alpha value is -1.35. The first-order chi connectivity index (χ1) is 8.84. The first-order valence-electron chi connectivity index (χ1n) is 6.83. The van der Waals surface area contributed by atoms with Crippen LogP contribution in [-0.4, -0.2) is 19.9 Å². The molecule has 1 aromatic rings. The maximum absolute atomic E-state index is 10.7. The minimum absolute atomic E-state index is 0.0965. The van der Waals surface area contributed by atoms with Crippen molar-refractivity contribution < 1.29 is 4.79 Å². The molecule has 1 N–H and O–H groups in total. The molecule has 0 spiro atoms. The SMILES string of the molecule is Cc1ccc(N(C)NCC(C)(C)CC(C)C=O)cc1. The monoisotopic (exact) mass is 262 g/mol. The Morgan fingerprint density at radius 3 is 2.42 bits per heavy atom. The molecule has 3 heteroatoms. The van der Waals surface area contributed by atoms with Gasteiger partial charge in [0.15, 0.2) is 0 Å². The van der Waals surface area contributed by atoms with Gasteiger partial charge in [0.1, 0.15) is 6.29 Å². The minimum atomic E-state index is 0.0965. The van der Waals surface area contributed by atoms with Crippen molar-refractivity contribution in [2.24, 2.45) is 11.3 Å². The molecule has 0 aliphatic rings. The highest BCUT2D eigenvalue weighted by Gasteiger charge is 2.21. The summed E-state index contributed by atoms with van der Waals surface area (Å²) in [5.41, 5.74) is 5.91. The number of hydrogen-bond donors (Lipinski definition) is 1. The number of hydrogen-bond acceptors (Lipinski definition) is 3. The van der Waals surface area contributed by atoms with Gasteiger partial charge in [-0.25, -0.2) is 5.43 Å². The van der Waals surface area contributed by atoms with E-state index in [0.29, 0.717) is 0 Å². The fraction of sp³-hybridized carbons (Fsp3) is 0.562. The lowest BCUT2D eigenvalue weighted by Crippen LogP contribution is -2.41. The summed E-state index contributed by atoms with van der Waals surface area (Å²) in [6.45, 7) is 9.26. The number of carbonyl (C=O) groups excluding carboxylic acids is 1. The zero-order chi connectivity index (χ0) is 14.5. The average molecular weight is 262 g/mol. The maximum Gasteiger partial charge on any atom is 0.122 e. The van der Waals surface area contributed by atoms with E-state index in [1.807, 2.05) is 19.0 Å². The number of aldehydes is 1. The third-order valence-corrected chi connectivity index (χ3v) is 3.32. The first kappa shape index (κ1) is 15.7. The van der Waals surface area contributed by atoms with Gasteiger partial charge in [0.2, 0.25) is 0 Å². The van der Waals surface area contributed by atoms with Crippen molar-refractivity contribution in [2.45, 2.75) is 34.1 Å². The zero-order valence-corrected chi connectivity index (χ0v) is 12.7. The molecule has 0 radical (unpaired) electrons. The Balaban J connectivity index is 2.51. The van der Waals surface area contributed by atoms with Gasteiger partial charge in [-0.3, -0.25) is 0 Å². The average Bonchev–Trinajstić information content (AvgIpc) is 2.36. The Bertz CT molecular complexity index is 398. The van der Waals surface area contributed by atoms with Crippen LogP contribution in [0.3, 0.4) is 0 Å². The standard InChI is InChI=1S/C16H26N2O/c1-13-6-8-15(9-7-13)18(5)17-12-16(3,4)10-14(2)11-19/h6-9,11,14,17H,10,12H2,1-5H3. The van der Waals surface area contributed by atoms with Crippen molar-refractivity contribution in [1.29, 1.82) is 0 Å². The van der Waals surface area contributed by atoms with Gasteiger partial charge in [-0.2, -0.15) is 0 Å². The Kier molecular flexibility index (Phi) is 5.55. The van der Waals surface area contributed by atoms with Crippen molar-refractivity contribution in [2.75, 3.05) is 18.6 Å². The zero-order valence-electron chi connectivity index (χ0n) is 12.7. The summed E-state index contributed by atoms with van der Waals surface area (Å²) in [7, 11) is 2.02. The minimum Gasteiger partial charge on any atom is -0.311 e. The van der Waals surface area contributed by atoms with Gasteiger partial charge < -0.3 is 9.80 Å². The van der Waals surface area contributed by atoms with E-state index in [1.165, 1.54) is 5.56 Å². The first-order valence-corrected chi connectivity index (χ1v) is 6.83. The van der Waals surface area contributed by atoms with E-state index in [9.17, 15) is 4.79 Å². The number of hydrazine groups is 1. The van der Waals surface area contributed by atoms with Gasteiger partial charge in [0, 0.05) is 19.5 Å². The van der Waals surface area contributed by atoms with Crippen LogP contribution in [0.15, 0.2) is 24.3 Å². The molecule has 0 amide bonds. The molecule has 0 aliphatic carbocycles. The van der Waals surface area contributed by atoms with E-state index in [2.05, 4.69) is 50.5 Å². The molecule has 0 fully saturated rings. The van der Waals surface area contributed by atoms with Crippen LogP contribution in [0.4, 0.5) is 5.69 Å². The molecule has 0 bridgehead atoms. The topological polar surface area (TPSA) is 32.3 Å². The fourth-order valence-electron chi connectivity index (χ4n) is 2.18. The molecule has 3 nitrogen and oxygen atoms in total. The third kappa shape index (κ3) is 5.43. The summed E-state index contributed by atoms with van der Waals surface area (Å²) in [5, 5.41) is 2.03. The molecule has 0 heterocycles. The highest BCUT2D eigenvalue weighted by Crippen LogP contribution is 2.24. The molecule has 0 saturated carbocycles. The highest BCUT2D eigenvalue weighted by molar-refractivity contribution is 5.52. The second kappa shape index (κ2) is 6.71. The van der Waals surface area contributed by atoms with Crippen LogP contribution in [0.5, 0.6) is 0 Å². The van der Waals surface area contributed by atoms with E-state index in [0.717, 1.165) is 24.9 Å². The van der Waals surface area contributed by atoms with Gasteiger partial charge in [-0.15, -0.1) is 0 Å². The van der Waals surface area contributed by atoms with Crippen LogP contribution in [0.2, 0.25) is 0 Å². The van der Waals surface area contributed by atoms with Gasteiger partial charge in [0.25, 0.3) is 0 Å². The summed E-state index contributed by atoms with van der Waals surface area (Å²) in [4.78, 5) is 10.7. The number of benzene rings is 1. The largest absolute Gasteiger partial charge is 0.311 e. The van der Waals surface area contributed by atoms with E-state index in [1.54, 1.807) is 0 Å². The lowest BCUT2D eigenvalue weighted by atomic mass is 9.84. The van der Waals surface area contributed by atoms with E-state index in [-0.39, 0.29) is 11.3 Å². The van der Waals surface area contributed by atoms with E-state index >= 15 is 0 Å². The van der Waals surface area contributed by atoms with Crippen molar-refractivity contribution >= 4 is 12.0 Å². The molecular formula is C16H26N2O. The van der Waals surface area contributed by atoms with Crippen LogP contribution in [0, 0.1) is 18.3 Å². The quantitative estimate of drug-likeness (QED) is 0.605. The van der Waals surface area contributed by atoms with Crippen molar-refractivity contribution in [1.82, 2.24) is 5.43 Å². The number of rotatable bonds is 7. The van der Waals surface area contributed by atoms with Gasteiger partial charge >= 0.3 is 0 Å². The second-order valence-corrected chi connectivity index (χ2v) is 6.21. The predicted molar refractivity (Wildman–Crippen MR) is 81.2 cm³/mol. The Labute approximate surface area is 117 Å². The summed E-state index contributed by atoms with van der Waals surface area (Å²) < 4.78 is 0. The smallest absolute Gasteiger partial charge is 0.122 e. The number of anilines is 1. The lowest BCUT2D eigenvalue weighted by molar-refractivity contribution is -0.111. The maximum atomic E-state index is 10.7. The summed E-state index contributed by atoms with van der Waals surface area (Å²) in [6.07, 6.45) is 1.93. The van der Waals surface area contributed by atoms with Crippen LogP contribution in [-0.2, 0) is 4.79 Å². The molecule has 1 rings (SSSR count). The van der Waals surface area contributed by atoms with Gasteiger partial charge in [-0.05, 0) is 30.9 Å². The summed E-state index contributed by atoms with van der Waals surface area (Å²) in [6, 6.07) is 8.41. The third-order valence-electron chi connectivity index (χ3n) is 3.32. The Morgan fingerprint density at radius 1 is 1.32 bits per heavy atom. The number of carbonyl (C=O) groups is 1. The molecular weight excluding hydrogens is 236 g/mol. The molecule has 0 saturated heterocycles. The van der Waals surface area contributed by atoms with Crippen LogP contribution < -0.4 is 10.4 Å². The predicted octanol–water partition coefficient (Wildman–Crippen LogP) is 3.19. The van der Waals surface area contributed by atoms with Gasteiger partial charge in [0.05, 0.1) is 5.69 Å². The van der Waals surface area contributed by atoms with Crippen molar-refractivity contribution in [3.05, 3.63) is 29.8 Å². The molecule has 106 valence electrons. The number of nitrogens with one attached hydrogen (secondary N) is 1. The molecule has 1 aromatic carbocycles.